The average molecular weight is 1260 g/mol. The Kier molecular flexibility index (Phi) is 16.7. The SMILES string of the molecule is Cc1ncsc1-c1ccc([C@H](CC(=O)NCCNC(=O)c2nc(N3CCc4cccc(C(=O)Nc5nc6ccccc6s5)c4C3)ccc2-c2cnn(CC34CC5CC(CC(C5)C3)C4)c2C)NC(=O)[C@@H]2C[C@@H](O)CN2C(=O)[C@@H](NC(=O)C2(C#N)CC2)C(C)(C)C)cc1. The number of β-amino-alcohol motifs (C(OH)–C–C–N with tert-alkyl or cyclic N) is 1. The summed E-state index contributed by atoms with van der Waals surface area (Å²) in [5.74, 6) is 0.105. The van der Waals surface area contributed by atoms with Gasteiger partial charge in [0.05, 0.1) is 57.1 Å². The van der Waals surface area contributed by atoms with Crippen LogP contribution in [0.5, 0.6) is 0 Å². The molecule has 91 heavy (non-hydrogen) atoms. The summed E-state index contributed by atoms with van der Waals surface area (Å²) in [6.45, 7) is 11.1. The van der Waals surface area contributed by atoms with Crippen molar-refractivity contribution in [2.75, 3.05) is 36.4 Å². The first-order valence-electron chi connectivity index (χ1n) is 31.9. The predicted molar refractivity (Wildman–Crippen MR) is 347 cm³/mol. The number of nitrogens with one attached hydrogen (secondary N) is 5. The van der Waals surface area contributed by atoms with Crippen LogP contribution in [0, 0.1) is 59.2 Å². The Morgan fingerprint density at radius 2 is 1.57 bits per heavy atom. The van der Waals surface area contributed by atoms with E-state index in [0.29, 0.717) is 60.0 Å². The van der Waals surface area contributed by atoms with Crippen LogP contribution in [0.2, 0.25) is 0 Å². The van der Waals surface area contributed by atoms with Crippen molar-refractivity contribution in [2.45, 2.75) is 143 Å². The lowest BCUT2D eigenvalue weighted by atomic mass is 9.49. The summed E-state index contributed by atoms with van der Waals surface area (Å²) in [6.07, 6.45) is 9.67. The van der Waals surface area contributed by atoms with E-state index in [1.807, 2.05) is 92.0 Å². The first kappa shape index (κ1) is 61.5. The summed E-state index contributed by atoms with van der Waals surface area (Å²) >= 11 is 2.92. The number of pyridine rings is 1. The monoisotopic (exact) mass is 1260 g/mol. The number of hydrogen-bond acceptors (Lipinski definition) is 15. The van der Waals surface area contributed by atoms with Crippen molar-refractivity contribution in [3.8, 4) is 27.6 Å². The number of carbonyl (C=O) groups excluding carboxylic acids is 6. The first-order valence-corrected chi connectivity index (χ1v) is 33.5. The van der Waals surface area contributed by atoms with Crippen LogP contribution in [-0.4, -0.2) is 115 Å². The third kappa shape index (κ3) is 12.6. The van der Waals surface area contributed by atoms with Crippen molar-refractivity contribution >= 4 is 79.3 Å². The highest BCUT2D eigenvalue weighted by Gasteiger charge is 2.54. The summed E-state index contributed by atoms with van der Waals surface area (Å²) in [7, 11) is 0. The fraction of sp³-hybridized carbons (Fsp3) is 0.464. The lowest BCUT2D eigenvalue weighted by Gasteiger charge is -2.56. The molecular formula is C69H77N13O7S2. The van der Waals surface area contributed by atoms with Gasteiger partial charge in [-0.1, -0.05) is 80.6 Å². The molecule has 20 nitrogen and oxygen atoms in total. The highest BCUT2D eigenvalue weighted by atomic mass is 32.1. The molecular weight excluding hydrogens is 1190 g/mol. The zero-order chi connectivity index (χ0) is 63.5. The number of aromatic nitrogens is 5. The van der Waals surface area contributed by atoms with E-state index in [2.05, 4.69) is 59.1 Å². The van der Waals surface area contributed by atoms with Crippen LogP contribution >= 0.6 is 22.7 Å². The van der Waals surface area contributed by atoms with Crippen LogP contribution in [0.1, 0.15) is 140 Å². The molecule has 0 unspecified atom stereocenters. The molecule has 3 aromatic carbocycles. The fourth-order valence-corrected chi connectivity index (χ4v) is 17.0. The molecule has 6 heterocycles. The van der Waals surface area contributed by atoms with E-state index in [1.54, 1.807) is 26.3 Å². The molecule has 1 saturated heterocycles. The molecule has 6 N–H and O–H groups in total. The first-order chi connectivity index (χ1) is 43.7. The number of carbonyl (C=O) groups is 6. The number of para-hydroxylation sites is 1. The van der Waals surface area contributed by atoms with Gasteiger partial charge < -0.3 is 36.2 Å². The van der Waals surface area contributed by atoms with Crippen molar-refractivity contribution in [1.29, 1.82) is 5.26 Å². The van der Waals surface area contributed by atoms with Gasteiger partial charge in [-0.05, 0) is 153 Å². The number of hydrogen-bond donors (Lipinski definition) is 6. The largest absolute Gasteiger partial charge is 0.391 e. The van der Waals surface area contributed by atoms with Gasteiger partial charge in [0.25, 0.3) is 11.8 Å². The summed E-state index contributed by atoms with van der Waals surface area (Å²) in [5, 5.41) is 41.2. The highest BCUT2D eigenvalue weighted by Crippen LogP contribution is 2.61. The van der Waals surface area contributed by atoms with Gasteiger partial charge in [-0.3, -0.25) is 38.8 Å². The minimum atomic E-state index is -1.19. The molecule has 0 radical (unpaired) electrons. The van der Waals surface area contributed by atoms with Crippen molar-refractivity contribution in [2.24, 2.45) is 34.0 Å². The summed E-state index contributed by atoms with van der Waals surface area (Å²) in [4.78, 5) is 104. The molecule has 4 bridgehead atoms. The molecule has 4 aromatic heterocycles. The fourth-order valence-electron chi connectivity index (χ4n) is 15.4. The number of thiazole rings is 2. The summed E-state index contributed by atoms with van der Waals surface area (Å²) in [5.41, 5.74) is 8.25. The van der Waals surface area contributed by atoms with Gasteiger partial charge >= 0.3 is 0 Å². The van der Waals surface area contributed by atoms with E-state index in [1.165, 1.54) is 66.1 Å². The van der Waals surface area contributed by atoms with E-state index in [0.717, 1.165) is 73.0 Å². The molecule has 7 aromatic rings. The molecule has 5 saturated carbocycles. The van der Waals surface area contributed by atoms with Crippen molar-refractivity contribution in [1.82, 2.24) is 50.9 Å². The van der Waals surface area contributed by atoms with E-state index in [4.69, 9.17) is 10.1 Å². The van der Waals surface area contributed by atoms with Crippen molar-refractivity contribution < 1.29 is 33.9 Å². The van der Waals surface area contributed by atoms with Gasteiger partial charge in [0.2, 0.25) is 23.6 Å². The van der Waals surface area contributed by atoms with E-state index < -0.39 is 64.6 Å². The third-order valence-corrected chi connectivity index (χ3v) is 21.8. The molecule has 22 heteroatoms. The Morgan fingerprint density at radius 1 is 0.835 bits per heavy atom. The number of aliphatic hydroxyl groups excluding tert-OH is 1. The van der Waals surface area contributed by atoms with Crippen LogP contribution in [0.15, 0.2) is 90.6 Å². The van der Waals surface area contributed by atoms with Crippen molar-refractivity contribution in [3.63, 3.8) is 0 Å². The maximum Gasteiger partial charge on any atom is 0.270 e. The smallest absolute Gasteiger partial charge is 0.270 e. The number of nitrogens with zero attached hydrogens (tertiary/aromatic N) is 8. The normalized spacial score (nSPS) is 22.6. The number of benzene rings is 3. The second-order valence-corrected chi connectivity index (χ2v) is 29.3. The second kappa shape index (κ2) is 24.7. The number of fused-ring (bicyclic) bond motifs is 2. The lowest BCUT2D eigenvalue weighted by molar-refractivity contribution is -0.144. The highest BCUT2D eigenvalue weighted by molar-refractivity contribution is 7.22. The minimum absolute atomic E-state index is 0.0285. The Labute approximate surface area is 537 Å². The van der Waals surface area contributed by atoms with E-state index in [-0.39, 0.29) is 49.5 Å². The number of aryl methyl sites for hydroxylation is 1. The van der Waals surface area contributed by atoms with E-state index >= 15 is 0 Å². The van der Waals surface area contributed by atoms with E-state index in [9.17, 15) is 39.1 Å². The maximum atomic E-state index is 14.8. The van der Waals surface area contributed by atoms with Gasteiger partial charge in [-0.15, -0.1) is 11.3 Å². The molecule has 2 aliphatic heterocycles. The number of likely N-dealkylation sites (tertiary alicyclic amines) is 1. The Morgan fingerprint density at radius 3 is 2.26 bits per heavy atom. The van der Waals surface area contributed by atoms with Crippen molar-refractivity contribution in [3.05, 3.63) is 130 Å². The van der Waals surface area contributed by atoms with Crippen LogP contribution in [-0.2, 0) is 38.7 Å². The molecule has 6 amide bonds. The van der Waals surface area contributed by atoms with Gasteiger partial charge in [0.15, 0.2) is 5.13 Å². The molecule has 4 atom stereocenters. The van der Waals surface area contributed by atoms with Crippen LogP contribution < -0.4 is 31.5 Å². The second-order valence-electron chi connectivity index (χ2n) is 27.5. The average Bonchev–Trinajstić information content (AvgIpc) is 1.58. The Balaban J connectivity index is 0.724. The molecule has 472 valence electrons. The molecule has 6 fully saturated rings. The lowest BCUT2D eigenvalue weighted by Crippen LogP contribution is -2.58. The van der Waals surface area contributed by atoms with Crippen LogP contribution in [0.25, 0.3) is 31.8 Å². The number of aliphatic hydroxyl groups is 1. The maximum absolute atomic E-state index is 14.8. The van der Waals surface area contributed by atoms with Gasteiger partial charge in [-0.25, -0.2) is 15.0 Å². The van der Waals surface area contributed by atoms with Crippen LogP contribution in [0.4, 0.5) is 10.9 Å². The molecule has 5 aliphatic carbocycles. The number of nitriles is 1. The number of anilines is 2. The van der Waals surface area contributed by atoms with Gasteiger partial charge in [0, 0.05) is 68.1 Å². The molecule has 14 rings (SSSR count). The van der Waals surface area contributed by atoms with Crippen LogP contribution in [0.3, 0.4) is 0 Å². The third-order valence-electron chi connectivity index (χ3n) is 19.9. The summed E-state index contributed by atoms with van der Waals surface area (Å²) in [6, 6.07) is 23.9. The Hall–Kier alpha value is -8.39. The minimum Gasteiger partial charge on any atom is -0.391 e. The number of rotatable bonds is 19. The zero-order valence-electron chi connectivity index (χ0n) is 52.0. The van der Waals surface area contributed by atoms with Gasteiger partial charge in [-0.2, -0.15) is 10.4 Å². The predicted octanol–water partition coefficient (Wildman–Crippen LogP) is 9.22. The Bertz CT molecular complexity index is 3970. The quantitative estimate of drug-likeness (QED) is 0.0413. The topological polar surface area (TPSA) is 270 Å². The standard InChI is InChI=1S/C69H77N13O7S2/c1-39-59(90-38-73-39)46-15-13-45(14-16-46)53(75-62(86)54-28-47(83)34-81(54)64(88)60(67(3,4)5)78-65(89)69(36-70)20-21-69)29-57(84)71-22-23-72-63(87)58-48(50-33-74-82(40(50)2)37-68-30-41-25-42(31-68)27-43(26-41)32-68)17-18-56(77-58)80-24-19-44-9-8-10-49(51(44)35-80)61(85)79-66-76-52-11-6-7-12-55(52)91-66/h6-18,33,38,41-43,47,53-54,60,83H,19-32,34-35,37H2,1-5H3,(H,71,84)(H,72,87)(H,75,86)(H,78,89)(H,76,79,85)/t41?,42?,43?,47-,53+,54+,60-,68?/m1/s1. The number of amides is 6. The molecule has 0 spiro atoms. The zero-order valence-corrected chi connectivity index (χ0v) is 53.6. The van der Waals surface area contributed by atoms with Gasteiger partial charge in [0.1, 0.15) is 29.0 Å². The summed E-state index contributed by atoms with van der Waals surface area (Å²) < 4.78 is 3.12. The molecule has 7 aliphatic rings.